The summed E-state index contributed by atoms with van der Waals surface area (Å²) in [7, 11) is 1.67. The van der Waals surface area contributed by atoms with Crippen LogP contribution in [0.2, 0.25) is 0 Å². The van der Waals surface area contributed by atoms with E-state index in [1.54, 1.807) is 7.05 Å². The maximum absolute atomic E-state index is 12.2. The van der Waals surface area contributed by atoms with Crippen molar-refractivity contribution < 1.29 is 14.7 Å². The summed E-state index contributed by atoms with van der Waals surface area (Å²) in [6.07, 6.45) is -0.0783. The Labute approximate surface area is 119 Å². The molecule has 0 saturated heterocycles. The number of carbonyl (C=O) groups excluding carboxylic acids is 1. The van der Waals surface area contributed by atoms with Crippen LogP contribution in [0.1, 0.15) is 25.8 Å². The van der Waals surface area contributed by atoms with E-state index in [1.807, 2.05) is 45.0 Å². The van der Waals surface area contributed by atoms with Crippen molar-refractivity contribution >= 4 is 17.7 Å². The van der Waals surface area contributed by atoms with E-state index in [0.29, 0.717) is 0 Å². The standard InChI is InChI=1S/C15H22N2O3/c1-10(2)13(9-14(18)19)16-15(20)17(4)12-7-5-6-11(3)8-12/h5-8,10,13H,9H2,1-4H3,(H,16,20)(H,18,19). The van der Waals surface area contributed by atoms with Crippen LogP contribution in [0.4, 0.5) is 10.5 Å². The van der Waals surface area contributed by atoms with Crippen LogP contribution in [0, 0.1) is 12.8 Å². The second-order valence-electron chi connectivity index (χ2n) is 5.30. The maximum Gasteiger partial charge on any atom is 0.321 e. The van der Waals surface area contributed by atoms with E-state index >= 15 is 0 Å². The van der Waals surface area contributed by atoms with Gasteiger partial charge < -0.3 is 10.4 Å². The highest BCUT2D eigenvalue weighted by Crippen LogP contribution is 2.15. The highest BCUT2D eigenvalue weighted by Gasteiger charge is 2.21. The fraction of sp³-hybridized carbons (Fsp3) is 0.467. The van der Waals surface area contributed by atoms with Gasteiger partial charge >= 0.3 is 12.0 Å². The quantitative estimate of drug-likeness (QED) is 0.870. The first kappa shape index (κ1) is 16.0. The molecule has 1 rings (SSSR count). The van der Waals surface area contributed by atoms with E-state index in [1.165, 1.54) is 4.90 Å². The van der Waals surface area contributed by atoms with Crippen molar-refractivity contribution in [2.45, 2.75) is 33.2 Å². The largest absolute Gasteiger partial charge is 0.481 e. The number of rotatable bonds is 5. The van der Waals surface area contributed by atoms with Crippen LogP contribution in [0.25, 0.3) is 0 Å². The Morgan fingerprint density at radius 3 is 2.50 bits per heavy atom. The molecule has 1 aromatic rings. The molecule has 1 aromatic carbocycles. The molecule has 5 heteroatoms. The summed E-state index contributed by atoms with van der Waals surface area (Å²) in [6, 6.07) is 6.90. The zero-order chi connectivity index (χ0) is 15.3. The van der Waals surface area contributed by atoms with Crippen LogP contribution in [-0.2, 0) is 4.79 Å². The average Bonchev–Trinajstić information content (AvgIpc) is 2.36. The number of carboxylic acid groups (broad SMARTS) is 1. The number of amides is 2. The van der Waals surface area contributed by atoms with Gasteiger partial charge in [-0.15, -0.1) is 0 Å². The fourth-order valence-electron chi connectivity index (χ4n) is 1.85. The zero-order valence-electron chi connectivity index (χ0n) is 12.4. The Hall–Kier alpha value is -2.04. The van der Waals surface area contributed by atoms with Gasteiger partial charge in [0.1, 0.15) is 0 Å². The van der Waals surface area contributed by atoms with Crippen molar-refractivity contribution in [2.75, 3.05) is 11.9 Å². The van der Waals surface area contributed by atoms with E-state index in [0.717, 1.165) is 11.3 Å². The smallest absolute Gasteiger partial charge is 0.321 e. The molecule has 20 heavy (non-hydrogen) atoms. The summed E-state index contributed by atoms with van der Waals surface area (Å²) in [6.45, 7) is 5.73. The number of aryl methyl sites for hydroxylation is 1. The summed E-state index contributed by atoms with van der Waals surface area (Å²) in [5.74, 6) is -0.858. The van der Waals surface area contributed by atoms with Crippen molar-refractivity contribution in [3.63, 3.8) is 0 Å². The number of urea groups is 1. The molecule has 110 valence electrons. The van der Waals surface area contributed by atoms with Gasteiger partial charge in [0.05, 0.1) is 6.42 Å². The maximum atomic E-state index is 12.2. The molecule has 0 saturated carbocycles. The highest BCUT2D eigenvalue weighted by atomic mass is 16.4. The molecule has 0 aromatic heterocycles. The summed E-state index contributed by atoms with van der Waals surface area (Å²) >= 11 is 0. The van der Waals surface area contributed by atoms with Crippen LogP contribution in [0.15, 0.2) is 24.3 Å². The zero-order valence-corrected chi connectivity index (χ0v) is 12.4. The Kier molecular flexibility index (Phi) is 5.55. The van der Waals surface area contributed by atoms with Gasteiger partial charge in [0.15, 0.2) is 0 Å². The monoisotopic (exact) mass is 278 g/mol. The lowest BCUT2D eigenvalue weighted by atomic mass is 10.0. The minimum Gasteiger partial charge on any atom is -0.481 e. The number of nitrogens with zero attached hydrogens (tertiary/aromatic N) is 1. The van der Waals surface area contributed by atoms with Crippen molar-refractivity contribution in [1.82, 2.24) is 5.32 Å². The summed E-state index contributed by atoms with van der Waals surface area (Å²) in [5.41, 5.74) is 1.84. The van der Waals surface area contributed by atoms with Crippen molar-refractivity contribution in [1.29, 1.82) is 0 Å². The minimum absolute atomic E-state index is 0.0564. The number of nitrogens with one attached hydrogen (secondary N) is 1. The Balaban J connectivity index is 2.75. The molecule has 0 fully saturated rings. The molecule has 2 amide bonds. The van der Waals surface area contributed by atoms with Gasteiger partial charge in [-0.1, -0.05) is 26.0 Å². The predicted octanol–water partition coefficient (Wildman–Crippen LogP) is 2.64. The molecular weight excluding hydrogens is 256 g/mol. The van der Waals surface area contributed by atoms with Gasteiger partial charge in [-0.3, -0.25) is 9.69 Å². The molecule has 0 bridgehead atoms. The summed E-state index contributed by atoms with van der Waals surface area (Å²) in [4.78, 5) is 24.5. The summed E-state index contributed by atoms with van der Waals surface area (Å²) < 4.78 is 0. The molecule has 0 heterocycles. The average molecular weight is 278 g/mol. The SMILES string of the molecule is Cc1cccc(N(C)C(=O)NC(CC(=O)O)C(C)C)c1. The van der Waals surface area contributed by atoms with Gasteiger partial charge in [-0.05, 0) is 30.5 Å². The third kappa shape index (κ3) is 4.57. The first-order valence-corrected chi connectivity index (χ1v) is 6.64. The number of hydrogen-bond acceptors (Lipinski definition) is 2. The molecule has 2 N–H and O–H groups in total. The molecule has 0 aliphatic rings. The second-order valence-corrected chi connectivity index (χ2v) is 5.30. The third-order valence-electron chi connectivity index (χ3n) is 3.20. The van der Waals surface area contributed by atoms with E-state index in [9.17, 15) is 9.59 Å². The topological polar surface area (TPSA) is 69.6 Å². The van der Waals surface area contributed by atoms with Crippen LogP contribution >= 0.6 is 0 Å². The number of benzene rings is 1. The van der Waals surface area contributed by atoms with Crippen molar-refractivity contribution in [3.05, 3.63) is 29.8 Å². The lowest BCUT2D eigenvalue weighted by Gasteiger charge is -2.25. The van der Waals surface area contributed by atoms with Crippen molar-refractivity contribution in [2.24, 2.45) is 5.92 Å². The van der Waals surface area contributed by atoms with E-state index < -0.39 is 5.97 Å². The van der Waals surface area contributed by atoms with E-state index in [2.05, 4.69) is 5.32 Å². The van der Waals surface area contributed by atoms with Gasteiger partial charge in [-0.25, -0.2) is 4.79 Å². The van der Waals surface area contributed by atoms with Gasteiger partial charge in [-0.2, -0.15) is 0 Å². The third-order valence-corrected chi connectivity index (χ3v) is 3.20. The predicted molar refractivity (Wildman–Crippen MR) is 79.0 cm³/mol. The lowest BCUT2D eigenvalue weighted by molar-refractivity contribution is -0.137. The van der Waals surface area contributed by atoms with E-state index in [4.69, 9.17) is 5.11 Å². The lowest BCUT2D eigenvalue weighted by Crippen LogP contribution is -2.46. The Morgan fingerprint density at radius 2 is 2.00 bits per heavy atom. The molecule has 0 aliphatic heterocycles. The minimum atomic E-state index is -0.915. The number of aliphatic carboxylic acids is 1. The van der Waals surface area contributed by atoms with E-state index in [-0.39, 0.29) is 24.4 Å². The van der Waals surface area contributed by atoms with Crippen molar-refractivity contribution in [3.8, 4) is 0 Å². The molecule has 5 nitrogen and oxygen atoms in total. The van der Waals surface area contributed by atoms with Gasteiger partial charge in [0.2, 0.25) is 0 Å². The normalized spacial score (nSPS) is 12.1. The van der Waals surface area contributed by atoms with Crippen LogP contribution in [0.5, 0.6) is 0 Å². The first-order chi connectivity index (χ1) is 9.31. The summed E-state index contributed by atoms with van der Waals surface area (Å²) in [5, 5.41) is 11.6. The Morgan fingerprint density at radius 1 is 1.35 bits per heavy atom. The highest BCUT2D eigenvalue weighted by molar-refractivity contribution is 5.91. The molecule has 1 unspecified atom stereocenters. The fourth-order valence-corrected chi connectivity index (χ4v) is 1.85. The van der Waals surface area contributed by atoms with Gasteiger partial charge in [0, 0.05) is 18.8 Å². The first-order valence-electron chi connectivity index (χ1n) is 6.64. The molecule has 1 atom stereocenters. The van der Waals surface area contributed by atoms with Crippen LogP contribution in [0.3, 0.4) is 0 Å². The number of carboxylic acids is 1. The number of carbonyl (C=O) groups is 2. The van der Waals surface area contributed by atoms with Crippen LogP contribution < -0.4 is 10.2 Å². The van der Waals surface area contributed by atoms with Crippen LogP contribution in [-0.4, -0.2) is 30.2 Å². The molecule has 0 spiro atoms. The molecule has 0 aliphatic carbocycles. The molecular formula is C15H22N2O3. The molecule has 0 radical (unpaired) electrons. The number of hydrogen-bond donors (Lipinski definition) is 2. The van der Waals surface area contributed by atoms with Gasteiger partial charge in [0.25, 0.3) is 0 Å². The number of anilines is 1. The second kappa shape index (κ2) is 6.93. The Bertz CT molecular complexity index is 486.